The number of hydrogen-bond donors (Lipinski definition) is 1. The van der Waals surface area contributed by atoms with Crippen molar-refractivity contribution in [2.45, 2.75) is 20.8 Å². The molecule has 0 radical (unpaired) electrons. The molecular formula is C16H18N2O2. The van der Waals surface area contributed by atoms with Crippen LogP contribution in [-0.2, 0) is 0 Å². The van der Waals surface area contributed by atoms with Crippen molar-refractivity contribution in [3.05, 3.63) is 53.3 Å². The van der Waals surface area contributed by atoms with Crippen LogP contribution >= 0.6 is 0 Å². The Morgan fingerprint density at radius 2 is 1.90 bits per heavy atom. The van der Waals surface area contributed by atoms with E-state index >= 15 is 0 Å². The standard InChI is InChI=1S/C16H18N2O2/c1-4-18(13-8-6-5-7-9-13)14-10-11(2)17-12(3)15(14)16(19)20/h5-10H,4H2,1-3H3,(H,19,20). The van der Waals surface area contributed by atoms with Crippen LogP contribution < -0.4 is 4.90 Å². The molecule has 1 aromatic carbocycles. The van der Waals surface area contributed by atoms with Crippen molar-refractivity contribution >= 4 is 17.3 Å². The molecule has 0 saturated heterocycles. The van der Waals surface area contributed by atoms with E-state index < -0.39 is 5.97 Å². The average molecular weight is 270 g/mol. The first-order valence-electron chi connectivity index (χ1n) is 6.58. The van der Waals surface area contributed by atoms with Gasteiger partial charge in [-0.25, -0.2) is 4.79 Å². The summed E-state index contributed by atoms with van der Waals surface area (Å²) in [6.07, 6.45) is 0. The lowest BCUT2D eigenvalue weighted by Crippen LogP contribution is -2.20. The summed E-state index contributed by atoms with van der Waals surface area (Å²) in [4.78, 5) is 17.8. The molecule has 2 aromatic rings. The number of aromatic carboxylic acids is 1. The Labute approximate surface area is 118 Å². The number of rotatable bonds is 4. The number of carbonyl (C=O) groups is 1. The fourth-order valence-corrected chi connectivity index (χ4v) is 2.39. The van der Waals surface area contributed by atoms with E-state index in [1.807, 2.05) is 55.1 Å². The second-order valence-corrected chi connectivity index (χ2v) is 4.63. The number of aryl methyl sites for hydroxylation is 2. The van der Waals surface area contributed by atoms with Gasteiger partial charge in [-0.2, -0.15) is 0 Å². The van der Waals surface area contributed by atoms with E-state index in [1.54, 1.807) is 6.92 Å². The van der Waals surface area contributed by atoms with Gasteiger partial charge in [0.25, 0.3) is 0 Å². The smallest absolute Gasteiger partial charge is 0.339 e. The summed E-state index contributed by atoms with van der Waals surface area (Å²) >= 11 is 0. The number of benzene rings is 1. The molecule has 0 unspecified atom stereocenters. The molecule has 4 heteroatoms. The van der Waals surface area contributed by atoms with Gasteiger partial charge in [0.1, 0.15) is 5.56 Å². The van der Waals surface area contributed by atoms with Crippen molar-refractivity contribution in [1.29, 1.82) is 0 Å². The average Bonchev–Trinajstić information content (AvgIpc) is 2.39. The zero-order chi connectivity index (χ0) is 14.7. The molecule has 2 rings (SSSR count). The number of pyridine rings is 1. The molecule has 0 aliphatic carbocycles. The highest BCUT2D eigenvalue weighted by Crippen LogP contribution is 2.30. The minimum Gasteiger partial charge on any atom is -0.478 e. The third kappa shape index (κ3) is 2.64. The third-order valence-corrected chi connectivity index (χ3v) is 3.20. The van der Waals surface area contributed by atoms with Crippen LogP contribution in [0.15, 0.2) is 36.4 Å². The first kappa shape index (κ1) is 14.1. The number of carboxylic acids is 1. The first-order chi connectivity index (χ1) is 9.54. The Balaban J connectivity index is 2.63. The highest BCUT2D eigenvalue weighted by Gasteiger charge is 2.20. The normalized spacial score (nSPS) is 10.3. The molecular weight excluding hydrogens is 252 g/mol. The van der Waals surface area contributed by atoms with Gasteiger partial charge >= 0.3 is 5.97 Å². The van der Waals surface area contributed by atoms with Crippen molar-refractivity contribution in [2.75, 3.05) is 11.4 Å². The zero-order valence-corrected chi connectivity index (χ0v) is 11.9. The van der Waals surface area contributed by atoms with Gasteiger partial charge in [-0.15, -0.1) is 0 Å². The maximum atomic E-state index is 11.5. The second kappa shape index (κ2) is 5.74. The summed E-state index contributed by atoms with van der Waals surface area (Å²) in [6.45, 7) is 6.30. The Kier molecular flexibility index (Phi) is 4.03. The Morgan fingerprint density at radius 1 is 1.25 bits per heavy atom. The number of para-hydroxylation sites is 1. The minimum absolute atomic E-state index is 0.265. The minimum atomic E-state index is -0.945. The van der Waals surface area contributed by atoms with Crippen LogP contribution in [0, 0.1) is 13.8 Å². The summed E-state index contributed by atoms with van der Waals surface area (Å²) in [5.41, 5.74) is 3.29. The molecule has 0 fully saturated rings. The highest BCUT2D eigenvalue weighted by atomic mass is 16.4. The molecule has 0 bridgehead atoms. The fraction of sp³-hybridized carbons (Fsp3) is 0.250. The number of hydrogen-bond acceptors (Lipinski definition) is 3. The largest absolute Gasteiger partial charge is 0.478 e. The van der Waals surface area contributed by atoms with E-state index in [1.165, 1.54) is 0 Å². The molecule has 0 saturated carbocycles. The Morgan fingerprint density at radius 3 is 2.45 bits per heavy atom. The van der Waals surface area contributed by atoms with Crippen molar-refractivity contribution in [3.8, 4) is 0 Å². The predicted octanol–water partition coefficient (Wildman–Crippen LogP) is 3.55. The zero-order valence-electron chi connectivity index (χ0n) is 11.9. The summed E-state index contributed by atoms with van der Waals surface area (Å²) in [5.74, 6) is -0.945. The molecule has 104 valence electrons. The van der Waals surface area contributed by atoms with Gasteiger partial charge in [0.2, 0.25) is 0 Å². The molecule has 1 N–H and O–H groups in total. The summed E-state index contributed by atoms with van der Waals surface area (Å²) < 4.78 is 0. The second-order valence-electron chi connectivity index (χ2n) is 4.63. The van der Waals surface area contributed by atoms with Gasteiger partial charge in [0.05, 0.1) is 11.4 Å². The van der Waals surface area contributed by atoms with Crippen LogP contribution in [0.4, 0.5) is 11.4 Å². The van der Waals surface area contributed by atoms with Gasteiger partial charge in [-0.1, -0.05) is 18.2 Å². The van der Waals surface area contributed by atoms with Gasteiger partial charge in [0.15, 0.2) is 0 Å². The van der Waals surface area contributed by atoms with Crippen LogP contribution in [0.5, 0.6) is 0 Å². The van der Waals surface area contributed by atoms with E-state index in [4.69, 9.17) is 0 Å². The van der Waals surface area contributed by atoms with E-state index in [-0.39, 0.29) is 5.56 Å². The molecule has 0 aliphatic heterocycles. The lowest BCUT2D eigenvalue weighted by molar-refractivity contribution is 0.0696. The Bertz CT molecular complexity index is 624. The number of carboxylic acid groups (broad SMARTS) is 1. The number of aromatic nitrogens is 1. The maximum absolute atomic E-state index is 11.5. The van der Waals surface area contributed by atoms with Crippen molar-refractivity contribution in [2.24, 2.45) is 0 Å². The molecule has 20 heavy (non-hydrogen) atoms. The number of nitrogens with zero attached hydrogens (tertiary/aromatic N) is 2. The van der Waals surface area contributed by atoms with Crippen molar-refractivity contribution in [3.63, 3.8) is 0 Å². The summed E-state index contributed by atoms with van der Waals surface area (Å²) in [6, 6.07) is 11.6. The molecule has 1 aromatic heterocycles. The first-order valence-corrected chi connectivity index (χ1v) is 6.58. The highest BCUT2D eigenvalue weighted by molar-refractivity contribution is 5.96. The van der Waals surface area contributed by atoms with Crippen LogP contribution in [0.25, 0.3) is 0 Å². The molecule has 1 heterocycles. The van der Waals surface area contributed by atoms with E-state index in [9.17, 15) is 9.90 Å². The fourth-order valence-electron chi connectivity index (χ4n) is 2.39. The molecule has 0 atom stereocenters. The monoisotopic (exact) mass is 270 g/mol. The molecule has 0 aliphatic rings. The molecule has 0 amide bonds. The van der Waals surface area contributed by atoms with Crippen molar-refractivity contribution in [1.82, 2.24) is 4.98 Å². The van der Waals surface area contributed by atoms with Gasteiger partial charge < -0.3 is 10.0 Å². The predicted molar refractivity (Wildman–Crippen MR) is 79.8 cm³/mol. The molecule has 0 spiro atoms. The summed E-state index contributed by atoms with van der Waals surface area (Å²) in [5, 5.41) is 9.46. The van der Waals surface area contributed by atoms with Crippen LogP contribution in [0.1, 0.15) is 28.7 Å². The third-order valence-electron chi connectivity index (χ3n) is 3.20. The lowest BCUT2D eigenvalue weighted by atomic mass is 10.1. The molecule has 4 nitrogen and oxygen atoms in total. The topological polar surface area (TPSA) is 53.4 Å². The maximum Gasteiger partial charge on any atom is 0.339 e. The van der Waals surface area contributed by atoms with Crippen LogP contribution in [0.3, 0.4) is 0 Å². The van der Waals surface area contributed by atoms with Crippen LogP contribution in [-0.4, -0.2) is 22.6 Å². The van der Waals surface area contributed by atoms with Crippen molar-refractivity contribution < 1.29 is 9.90 Å². The van der Waals surface area contributed by atoms with Crippen LogP contribution in [0.2, 0.25) is 0 Å². The summed E-state index contributed by atoms with van der Waals surface area (Å²) in [7, 11) is 0. The lowest BCUT2D eigenvalue weighted by Gasteiger charge is -2.25. The van der Waals surface area contributed by atoms with E-state index in [0.29, 0.717) is 17.9 Å². The van der Waals surface area contributed by atoms with Gasteiger partial charge in [-0.3, -0.25) is 4.98 Å². The van der Waals surface area contributed by atoms with E-state index in [2.05, 4.69) is 4.98 Å². The Hall–Kier alpha value is -2.36. The number of anilines is 2. The van der Waals surface area contributed by atoms with Gasteiger partial charge in [0, 0.05) is 17.9 Å². The SMILES string of the molecule is CCN(c1ccccc1)c1cc(C)nc(C)c1C(=O)O. The van der Waals surface area contributed by atoms with Gasteiger partial charge in [-0.05, 0) is 39.0 Å². The van der Waals surface area contributed by atoms with E-state index in [0.717, 1.165) is 11.4 Å². The quantitative estimate of drug-likeness (QED) is 0.923.